The Bertz CT molecular complexity index is 569. The van der Waals surface area contributed by atoms with E-state index in [4.69, 9.17) is 5.73 Å². The average molecular weight is 318 g/mol. The van der Waals surface area contributed by atoms with Crippen LogP contribution >= 0.6 is 11.8 Å². The quantitative estimate of drug-likeness (QED) is 0.687. The number of aliphatic hydroxyl groups is 1. The number of aryl methyl sites for hydroxylation is 1. The van der Waals surface area contributed by atoms with E-state index in [1.807, 2.05) is 6.26 Å². The lowest BCUT2D eigenvalue weighted by molar-refractivity contribution is 0.282. The van der Waals surface area contributed by atoms with Gasteiger partial charge in [-0.2, -0.15) is 11.8 Å². The summed E-state index contributed by atoms with van der Waals surface area (Å²) >= 11 is 1.42. The van der Waals surface area contributed by atoms with Crippen LogP contribution in [0.5, 0.6) is 0 Å². The SMILES string of the molecule is CSC(CO)C(C)NS(=O)(=O)c1c(C)ccc(N)c1C. The van der Waals surface area contributed by atoms with Crippen LogP contribution in [-0.4, -0.2) is 37.7 Å². The fourth-order valence-corrected chi connectivity index (χ4v) is 4.57. The number of nitrogen functional groups attached to an aromatic ring is 1. The van der Waals surface area contributed by atoms with Gasteiger partial charge in [-0.25, -0.2) is 13.1 Å². The highest BCUT2D eigenvalue weighted by atomic mass is 32.2. The first kappa shape index (κ1) is 17.3. The minimum Gasteiger partial charge on any atom is -0.398 e. The normalized spacial score (nSPS) is 15.1. The summed E-state index contributed by atoms with van der Waals surface area (Å²) in [6.45, 7) is 5.09. The van der Waals surface area contributed by atoms with Crippen molar-refractivity contribution in [3.8, 4) is 0 Å². The lowest BCUT2D eigenvalue weighted by atomic mass is 10.1. The van der Waals surface area contributed by atoms with Crippen LogP contribution in [-0.2, 0) is 10.0 Å². The number of benzene rings is 1. The van der Waals surface area contributed by atoms with E-state index in [9.17, 15) is 13.5 Å². The molecule has 2 atom stereocenters. The maximum atomic E-state index is 12.5. The Hall–Kier alpha value is -0.760. The molecule has 0 amide bonds. The fraction of sp³-hybridized carbons (Fsp3) is 0.538. The summed E-state index contributed by atoms with van der Waals surface area (Å²) in [5.74, 6) is 0. The molecule has 1 aromatic rings. The van der Waals surface area contributed by atoms with Crippen LogP contribution in [0.4, 0.5) is 5.69 Å². The summed E-state index contributed by atoms with van der Waals surface area (Å²) < 4.78 is 27.6. The van der Waals surface area contributed by atoms with Gasteiger partial charge < -0.3 is 10.8 Å². The molecule has 0 aliphatic carbocycles. The Morgan fingerprint density at radius 2 is 2.00 bits per heavy atom. The number of sulfonamides is 1. The Labute approximate surface area is 125 Å². The third-order valence-corrected chi connectivity index (χ3v) is 6.31. The second-order valence-electron chi connectivity index (χ2n) is 4.79. The zero-order valence-electron chi connectivity index (χ0n) is 12.2. The summed E-state index contributed by atoms with van der Waals surface area (Å²) in [6.07, 6.45) is 1.84. The summed E-state index contributed by atoms with van der Waals surface area (Å²) in [7, 11) is -3.66. The third-order valence-electron chi connectivity index (χ3n) is 3.29. The van der Waals surface area contributed by atoms with Gasteiger partial charge in [-0.1, -0.05) is 6.07 Å². The van der Waals surface area contributed by atoms with Crippen molar-refractivity contribution in [2.75, 3.05) is 18.6 Å². The molecule has 0 radical (unpaired) electrons. The molecule has 0 spiro atoms. The fourth-order valence-electron chi connectivity index (χ4n) is 2.07. The molecular weight excluding hydrogens is 296 g/mol. The molecule has 0 fully saturated rings. The van der Waals surface area contributed by atoms with E-state index in [0.717, 1.165) is 0 Å². The van der Waals surface area contributed by atoms with Crippen LogP contribution < -0.4 is 10.5 Å². The van der Waals surface area contributed by atoms with Crippen molar-refractivity contribution in [1.29, 1.82) is 0 Å². The number of thioether (sulfide) groups is 1. The number of rotatable bonds is 6. The van der Waals surface area contributed by atoms with E-state index < -0.39 is 10.0 Å². The molecule has 0 saturated heterocycles. The molecule has 5 nitrogen and oxygen atoms in total. The lowest BCUT2D eigenvalue weighted by Crippen LogP contribution is -2.41. The van der Waals surface area contributed by atoms with Gasteiger partial charge in [-0.05, 0) is 44.2 Å². The second-order valence-corrected chi connectivity index (χ2v) is 7.52. The maximum Gasteiger partial charge on any atom is 0.241 e. The zero-order valence-corrected chi connectivity index (χ0v) is 13.8. The molecular formula is C13H22N2O3S2. The predicted octanol–water partition coefficient (Wildman–Crippen LogP) is 1.28. The molecule has 7 heteroatoms. The highest BCUT2D eigenvalue weighted by Gasteiger charge is 2.26. The first-order chi connectivity index (χ1) is 9.24. The van der Waals surface area contributed by atoms with E-state index in [0.29, 0.717) is 16.8 Å². The number of hydrogen-bond donors (Lipinski definition) is 3. The number of nitrogens with one attached hydrogen (secondary N) is 1. The van der Waals surface area contributed by atoms with Crippen LogP contribution in [0.1, 0.15) is 18.1 Å². The molecule has 0 heterocycles. The first-order valence-corrected chi connectivity index (χ1v) is 9.03. The van der Waals surface area contributed by atoms with Gasteiger partial charge in [0.2, 0.25) is 10.0 Å². The topological polar surface area (TPSA) is 92.4 Å². The van der Waals surface area contributed by atoms with Crippen LogP contribution in [0.2, 0.25) is 0 Å². The summed E-state index contributed by atoms with van der Waals surface area (Å²) in [5, 5.41) is 9.05. The van der Waals surface area contributed by atoms with E-state index in [-0.39, 0.29) is 22.8 Å². The molecule has 1 aromatic carbocycles. The Morgan fingerprint density at radius 1 is 1.40 bits per heavy atom. The van der Waals surface area contributed by atoms with Crippen molar-refractivity contribution in [2.45, 2.75) is 37.0 Å². The van der Waals surface area contributed by atoms with Gasteiger partial charge in [0.25, 0.3) is 0 Å². The molecule has 4 N–H and O–H groups in total. The van der Waals surface area contributed by atoms with E-state index in [1.54, 1.807) is 32.9 Å². The van der Waals surface area contributed by atoms with Gasteiger partial charge in [0.1, 0.15) is 0 Å². The van der Waals surface area contributed by atoms with Crippen molar-refractivity contribution in [2.24, 2.45) is 0 Å². The van der Waals surface area contributed by atoms with E-state index in [2.05, 4.69) is 4.72 Å². The number of aliphatic hydroxyl groups excluding tert-OH is 1. The molecule has 0 aromatic heterocycles. The van der Waals surface area contributed by atoms with E-state index >= 15 is 0 Å². The largest absolute Gasteiger partial charge is 0.398 e. The van der Waals surface area contributed by atoms with Crippen LogP contribution in [0.3, 0.4) is 0 Å². The zero-order chi connectivity index (χ0) is 15.5. The Kier molecular flexibility index (Phi) is 5.88. The number of hydrogen-bond acceptors (Lipinski definition) is 5. The standard InChI is InChI=1S/C13H22N2O3S2/c1-8-5-6-11(14)9(2)13(8)20(17,18)15-10(3)12(7-16)19-4/h5-6,10,12,15-16H,7,14H2,1-4H3. The minimum atomic E-state index is -3.66. The second kappa shape index (κ2) is 6.80. The van der Waals surface area contributed by atoms with Gasteiger partial charge in [0, 0.05) is 17.0 Å². The van der Waals surface area contributed by atoms with Gasteiger partial charge in [-0.3, -0.25) is 0 Å². The third kappa shape index (κ3) is 3.66. The van der Waals surface area contributed by atoms with Crippen molar-refractivity contribution in [3.05, 3.63) is 23.3 Å². The average Bonchev–Trinajstić information content (AvgIpc) is 2.35. The number of anilines is 1. The van der Waals surface area contributed by atoms with Crippen molar-refractivity contribution in [1.82, 2.24) is 4.72 Å². The smallest absolute Gasteiger partial charge is 0.241 e. The number of nitrogens with two attached hydrogens (primary N) is 1. The van der Waals surface area contributed by atoms with E-state index in [1.165, 1.54) is 11.8 Å². The van der Waals surface area contributed by atoms with Gasteiger partial charge in [-0.15, -0.1) is 0 Å². The lowest BCUT2D eigenvalue weighted by Gasteiger charge is -2.22. The van der Waals surface area contributed by atoms with Gasteiger partial charge in [0.15, 0.2) is 0 Å². The minimum absolute atomic E-state index is 0.0836. The van der Waals surface area contributed by atoms with Crippen LogP contribution in [0.15, 0.2) is 17.0 Å². The molecule has 2 unspecified atom stereocenters. The molecule has 0 saturated carbocycles. The molecule has 1 rings (SSSR count). The maximum absolute atomic E-state index is 12.5. The summed E-state index contributed by atoms with van der Waals surface area (Å²) in [4.78, 5) is 0.224. The first-order valence-electron chi connectivity index (χ1n) is 6.26. The molecule has 114 valence electrons. The van der Waals surface area contributed by atoms with Crippen molar-refractivity contribution < 1.29 is 13.5 Å². The summed E-state index contributed by atoms with van der Waals surface area (Å²) in [5.41, 5.74) is 7.45. The van der Waals surface area contributed by atoms with Crippen LogP contribution in [0, 0.1) is 13.8 Å². The van der Waals surface area contributed by atoms with Gasteiger partial charge >= 0.3 is 0 Å². The Balaban J connectivity index is 3.16. The Morgan fingerprint density at radius 3 is 2.50 bits per heavy atom. The summed E-state index contributed by atoms with van der Waals surface area (Å²) in [6, 6.07) is 3.02. The van der Waals surface area contributed by atoms with Crippen molar-refractivity contribution in [3.63, 3.8) is 0 Å². The monoisotopic (exact) mass is 318 g/mol. The van der Waals surface area contributed by atoms with Crippen LogP contribution in [0.25, 0.3) is 0 Å². The molecule has 0 aliphatic heterocycles. The molecule has 20 heavy (non-hydrogen) atoms. The highest BCUT2D eigenvalue weighted by Crippen LogP contribution is 2.25. The van der Waals surface area contributed by atoms with Gasteiger partial charge in [0.05, 0.1) is 11.5 Å². The molecule has 0 aliphatic rings. The predicted molar refractivity (Wildman–Crippen MR) is 84.5 cm³/mol. The van der Waals surface area contributed by atoms with Crippen molar-refractivity contribution >= 4 is 27.5 Å². The molecule has 0 bridgehead atoms. The highest BCUT2D eigenvalue weighted by molar-refractivity contribution is 7.99.